The van der Waals surface area contributed by atoms with E-state index in [1.165, 1.54) is 0 Å². The second-order valence-electron chi connectivity index (χ2n) is 6.04. The molecule has 20 heavy (non-hydrogen) atoms. The Hall–Kier alpha value is -1.62. The number of amides is 1. The molecule has 1 amide bonds. The van der Waals surface area contributed by atoms with Gasteiger partial charge in [0.2, 0.25) is 0 Å². The lowest BCUT2D eigenvalue weighted by molar-refractivity contribution is 0.0265. The Morgan fingerprint density at radius 2 is 2.15 bits per heavy atom. The van der Waals surface area contributed by atoms with E-state index in [1.54, 1.807) is 18.0 Å². The van der Waals surface area contributed by atoms with E-state index in [4.69, 9.17) is 5.73 Å². The normalized spacial score (nSPS) is 21.6. The largest absolute Gasteiger partial charge is 0.393 e. The van der Waals surface area contributed by atoms with E-state index in [0.717, 1.165) is 18.5 Å². The van der Waals surface area contributed by atoms with Crippen LogP contribution in [0.3, 0.4) is 0 Å². The number of nitrogens with zero attached hydrogens (tertiary/aromatic N) is 2. The maximum absolute atomic E-state index is 12.4. The second kappa shape index (κ2) is 5.79. The minimum absolute atomic E-state index is 0.0395. The van der Waals surface area contributed by atoms with Crippen LogP contribution in [0.1, 0.15) is 48.7 Å². The fourth-order valence-corrected chi connectivity index (χ4v) is 2.53. The van der Waals surface area contributed by atoms with Crippen molar-refractivity contribution in [1.29, 1.82) is 0 Å². The molecule has 0 aliphatic heterocycles. The number of aliphatic hydroxyl groups is 1. The molecule has 1 aromatic heterocycles. The van der Waals surface area contributed by atoms with Crippen LogP contribution in [0.2, 0.25) is 0 Å². The Morgan fingerprint density at radius 3 is 2.70 bits per heavy atom. The predicted molar refractivity (Wildman–Crippen MR) is 78.4 cm³/mol. The molecule has 0 radical (unpaired) electrons. The van der Waals surface area contributed by atoms with Gasteiger partial charge < -0.3 is 15.7 Å². The molecule has 1 heterocycles. The third-order valence-electron chi connectivity index (χ3n) is 3.79. The minimum Gasteiger partial charge on any atom is -0.393 e. The molecule has 5 heteroatoms. The number of nitrogen functional groups attached to an aromatic ring is 1. The number of aromatic nitrogens is 1. The van der Waals surface area contributed by atoms with Crippen LogP contribution in [0.4, 0.5) is 5.82 Å². The van der Waals surface area contributed by atoms with Crippen molar-refractivity contribution < 1.29 is 9.90 Å². The lowest BCUT2D eigenvalue weighted by Gasteiger charge is -2.34. The first kappa shape index (κ1) is 14.8. The summed E-state index contributed by atoms with van der Waals surface area (Å²) in [6.45, 7) is 4.72. The molecule has 0 saturated heterocycles. The molecule has 1 aliphatic carbocycles. The van der Waals surface area contributed by atoms with Gasteiger partial charge in [-0.2, -0.15) is 0 Å². The monoisotopic (exact) mass is 277 g/mol. The molecule has 110 valence electrons. The van der Waals surface area contributed by atoms with E-state index in [-0.39, 0.29) is 17.9 Å². The number of aliphatic hydroxyl groups excluding tert-OH is 1. The molecule has 0 atom stereocenters. The van der Waals surface area contributed by atoms with Crippen LogP contribution in [-0.2, 0) is 0 Å². The van der Waals surface area contributed by atoms with Gasteiger partial charge in [-0.3, -0.25) is 4.79 Å². The highest BCUT2D eigenvalue weighted by molar-refractivity contribution is 5.94. The number of rotatable bonds is 4. The van der Waals surface area contributed by atoms with E-state index in [0.29, 0.717) is 23.8 Å². The summed E-state index contributed by atoms with van der Waals surface area (Å²) < 4.78 is 0. The maximum atomic E-state index is 12.4. The van der Waals surface area contributed by atoms with Gasteiger partial charge in [0, 0.05) is 24.8 Å². The van der Waals surface area contributed by atoms with Crippen LogP contribution in [0, 0.1) is 5.92 Å². The zero-order chi connectivity index (χ0) is 14.9. The van der Waals surface area contributed by atoms with Crippen molar-refractivity contribution in [2.24, 2.45) is 5.92 Å². The summed E-state index contributed by atoms with van der Waals surface area (Å²) in [6.07, 6.45) is 1.38. The maximum Gasteiger partial charge on any atom is 0.253 e. The smallest absolute Gasteiger partial charge is 0.253 e. The van der Waals surface area contributed by atoms with Crippen LogP contribution in [0.25, 0.3) is 0 Å². The van der Waals surface area contributed by atoms with Crippen LogP contribution in [0.5, 0.6) is 0 Å². The molecule has 0 bridgehead atoms. The summed E-state index contributed by atoms with van der Waals surface area (Å²) >= 11 is 0. The van der Waals surface area contributed by atoms with Crippen molar-refractivity contribution >= 4 is 11.7 Å². The Balaban J connectivity index is 2.07. The van der Waals surface area contributed by atoms with Gasteiger partial charge in [0.25, 0.3) is 5.91 Å². The number of hydrogen-bond donors (Lipinski definition) is 2. The summed E-state index contributed by atoms with van der Waals surface area (Å²) in [6, 6.07) is 3.44. The summed E-state index contributed by atoms with van der Waals surface area (Å²) in [5, 5.41) is 9.29. The quantitative estimate of drug-likeness (QED) is 0.876. The second-order valence-corrected chi connectivity index (χ2v) is 6.04. The Labute approximate surface area is 119 Å². The highest BCUT2D eigenvalue weighted by Crippen LogP contribution is 2.28. The number of nitrogens with two attached hydrogens (primary N) is 1. The third kappa shape index (κ3) is 3.28. The fourth-order valence-electron chi connectivity index (χ4n) is 2.53. The van der Waals surface area contributed by atoms with Crippen molar-refractivity contribution in [2.75, 3.05) is 19.3 Å². The topological polar surface area (TPSA) is 79.5 Å². The molecule has 3 N–H and O–H groups in total. The first-order valence-corrected chi connectivity index (χ1v) is 7.07. The van der Waals surface area contributed by atoms with Gasteiger partial charge in [-0.25, -0.2) is 4.98 Å². The summed E-state index contributed by atoms with van der Waals surface area (Å²) in [4.78, 5) is 18.4. The van der Waals surface area contributed by atoms with E-state index in [2.05, 4.69) is 4.98 Å². The molecular formula is C15H23N3O2. The van der Waals surface area contributed by atoms with Gasteiger partial charge in [0.15, 0.2) is 0 Å². The van der Waals surface area contributed by atoms with Gasteiger partial charge in [-0.15, -0.1) is 0 Å². The first-order valence-electron chi connectivity index (χ1n) is 7.07. The molecule has 1 aliphatic rings. The molecular weight excluding hydrogens is 254 g/mol. The Kier molecular flexibility index (Phi) is 4.28. The van der Waals surface area contributed by atoms with Gasteiger partial charge in [0.05, 0.1) is 6.10 Å². The molecule has 0 unspecified atom stereocenters. The third-order valence-corrected chi connectivity index (χ3v) is 3.79. The van der Waals surface area contributed by atoms with Crippen LogP contribution in [-0.4, -0.2) is 40.6 Å². The molecule has 0 spiro atoms. The summed E-state index contributed by atoms with van der Waals surface area (Å²) in [7, 11) is 1.79. The summed E-state index contributed by atoms with van der Waals surface area (Å²) in [5.74, 6) is 0.981. The SMILES string of the molecule is CC(C)c1cc(C(=O)N(C)CC2CC(O)C2)cc(N)n1. The highest BCUT2D eigenvalue weighted by Gasteiger charge is 2.29. The summed E-state index contributed by atoms with van der Waals surface area (Å²) in [5.41, 5.74) is 7.20. The van der Waals surface area contributed by atoms with Crippen molar-refractivity contribution in [2.45, 2.75) is 38.7 Å². The zero-order valence-electron chi connectivity index (χ0n) is 12.3. The van der Waals surface area contributed by atoms with Gasteiger partial charge in [-0.05, 0) is 36.8 Å². The standard InChI is InChI=1S/C15H23N3O2/c1-9(2)13-6-11(7-14(16)17-13)15(20)18(3)8-10-4-12(19)5-10/h6-7,9-10,12,19H,4-5,8H2,1-3H3,(H2,16,17). The molecule has 1 aromatic rings. The van der Waals surface area contributed by atoms with Gasteiger partial charge in [-0.1, -0.05) is 13.8 Å². The van der Waals surface area contributed by atoms with Crippen LogP contribution in [0.15, 0.2) is 12.1 Å². The van der Waals surface area contributed by atoms with Gasteiger partial charge in [0.1, 0.15) is 5.82 Å². The number of pyridine rings is 1. The Morgan fingerprint density at radius 1 is 1.50 bits per heavy atom. The fraction of sp³-hybridized carbons (Fsp3) is 0.600. The number of hydrogen-bond acceptors (Lipinski definition) is 4. The number of carbonyl (C=O) groups excluding carboxylic acids is 1. The van der Waals surface area contributed by atoms with Gasteiger partial charge >= 0.3 is 0 Å². The van der Waals surface area contributed by atoms with Crippen molar-refractivity contribution in [3.8, 4) is 0 Å². The molecule has 0 aromatic carbocycles. The van der Waals surface area contributed by atoms with E-state index in [9.17, 15) is 9.90 Å². The average molecular weight is 277 g/mol. The number of anilines is 1. The molecule has 2 rings (SSSR count). The van der Waals surface area contributed by atoms with Crippen LogP contribution >= 0.6 is 0 Å². The average Bonchev–Trinajstić information content (AvgIpc) is 2.35. The lowest BCUT2D eigenvalue weighted by atomic mass is 9.82. The Bertz CT molecular complexity index is 496. The lowest BCUT2D eigenvalue weighted by Crippen LogP contribution is -2.39. The van der Waals surface area contributed by atoms with E-state index >= 15 is 0 Å². The first-order chi connectivity index (χ1) is 9.36. The minimum atomic E-state index is -0.187. The van der Waals surface area contributed by atoms with Crippen molar-refractivity contribution in [1.82, 2.24) is 9.88 Å². The van der Waals surface area contributed by atoms with E-state index in [1.807, 2.05) is 19.9 Å². The van der Waals surface area contributed by atoms with Crippen molar-refractivity contribution in [3.05, 3.63) is 23.4 Å². The molecule has 1 fully saturated rings. The van der Waals surface area contributed by atoms with Crippen molar-refractivity contribution in [3.63, 3.8) is 0 Å². The van der Waals surface area contributed by atoms with Crippen LogP contribution < -0.4 is 5.73 Å². The zero-order valence-corrected chi connectivity index (χ0v) is 12.3. The predicted octanol–water partition coefficient (Wildman–Crippen LogP) is 1.63. The molecule has 1 saturated carbocycles. The molecule has 5 nitrogen and oxygen atoms in total. The highest BCUT2D eigenvalue weighted by atomic mass is 16.3. The number of carbonyl (C=O) groups is 1. The van der Waals surface area contributed by atoms with E-state index < -0.39 is 0 Å².